The van der Waals surface area contributed by atoms with E-state index in [1.165, 1.54) is 25.1 Å². The maximum atomic E-state index is 12.0. The van der Waals surface area contributed by atoms with Crippen LogP contribution in [0.5, 0.6) is 0 Å². The fourth-order valence-electron chi connectivity index (χ4n) is 3.28. The Hall–Kier alpha value is -0.720. The van der Waals surface area contributed by atoms with E-state index in [0.717, 1.165) is 50.7 Å². The average molecular weight is 440 g/mol. The molecule has 1 saturated heterocycles. The predicted molar refractivity (Wildman–Crippen MR) is 121 cm³/mol. The maximum absolute atomic E-state index is 12.0. The van der Waals surface area contributed by atoms with Gasteiger partial charge in [-0.3, -0.25) is 9.69 Å². The molecule has 2 fully saturated rings. The second-order valence-corrected chi connectivity index (χ2v) is 7.04. The van der Waals surface area contributed by atoms with Gasteiger partial charge in [-0.2, -0.15) is 0 Å². The number of carbonyl (C=O) groups excluding carboxylic acids is 1. The second-order valence-electron chi connectivity index (χ2n) is 7.04. The smallest absolute Gasteiger partial charge is 0.224 e. The van der Waals surface area contributed by atoms with E-state index in [0.29, 0.717) is 6.42 Å². The normalized spacial score (nSPS) is 16.6. The summed E-state index contributed by atoms with van der Waals surface area (Å²) in [5.41, 5.74) is 2.12. The number of amides is 1. The van der Waals surface area contributed by atoms with E-state index in [9.17, 15) is 4.79 Å². The van der Waals surface area contributed by atoms with Crippen LogP contribution < -0.4 is 15.5 Å². The monoisotopic (exact) mass is 438 g/mol. The van der Waals surface area contributed by atoms with Gasteiger partial charge in [-0.25, -0.2) is 0 Å². The van der Waals surface area contributed by atoms with Crippen LogP contribution in [0.25, 0.3) is 0 Å². The van der Waals surface area contributed by atoms with Crippen LogP contribution in [-0.4, -0.2) is 57.1 Å². The molecule has 1 saturated carbocycles. The molecule has 0 radical (unpaired) electrons. The van der Waals surface area contributed by atoms with Gasteiger partial charge in [0.15, 0.2) is 0 Å². The molecule has 1 amide bonds. The van der Waals surface area contributed by atoms with Crippen molar-refractivity contribution in [3.8, 4) is 0 Å². The molecule has 0 bridgehead atoms. The van der Waals surface area contributed by atoms with Crippen molar-refractivity contribution in [3.05, 3.63) is 24.3 Å². The van der Waals surface area contributed by atoms with Crippen LogP contribution in [0.3, 0.4) is 0 Å². The zero-order valence-electron chi connectivity index (χ0n) is 16.0. The quantitative estimate of drug-likeness (QED) is 0.609. The Bertz CT molecular complexity index is 550. The van der Waals surface area contributed by atoms with E-state index in [-0.39, 0.29) is 43.1 Å². The molecule has 2 N–H and O–H groups in total. The Kier molecular flexibility index (Phi) is 13.1. The van der Waals surface area contributed by atoms with Crippen LogP contribution in [0.1, 0.15) is 25.7 Å². The largest absolute Gasteiger partial charge is 0.369 e. The number of piperazine rings is 1. The van der Waals surface area contributed by atoms with E-state index < -0.39 is 0 Å². The number of rotatable bonds is 8. The first-order valence-corrected chi connectivity index (χ1v) is 9.26. The van der Waals surface area contributed by atoms with Crippen molar-refractivity contribution in [2.45, 2.75) is 25.7 Å². The highest BCUT2D eigenvalue weighted by Gasteiger charge is 2.26. The number of carbonyl (C=O) groups is 1. The molecule has 8 heteroatoms. The molecule has 5 nitrogen and oxygen atoms in total. The van der Waals surface area contributed by atoms with Crippen molar-refractivity contribution in [3.63, 3.8) is 0 Å². The zero-order valence-corrected chi connectivity index (χ0v) is 18.4. The van der Waals surface area contributed by atoms with Gasteiger partial charge >= 0.3 is 0 Å². The highest BCUT2D eigenvalue weighted by molar-refractivity contribution is 5.91. The predicted octanol–water partition coefficient (Wildman–Crippen LogP) is 3.42. The third-order valence-electron chi connectivity index (χ3n) is 4.91. The Balaban J connectivity index is 0.00000225. The number of benzene rings is 1. The number of anilines is 2. The van der Waals surface area contributed by atoms with Crippen molar-refractivity contribution < 1.29 is 4.79 Å². The Morgan fingerprint density at radius 2 is 1.81 bits per heavy atom. The molecular weight excluding hydrogens is 407 g/mol. The van der Waals surface area contributed by atoms with Crippen LogP contribution in [0.4, 0.5) is 11.4 Å². The summed E-state index contributed by atoms with van der Waals surface area (Å²) in [4.78, 5) is 17.0. The van der Waals surface area contributed by atoms with Crippen molar-refractivity contribution in [1.82, 2.24) is 10.2 Å². The summed E-state index contributed by atoms with van der Waals surface area (Å²) in [5, 5.41) is 6.09. The summed E-state index contributed by atoms with van der Waals surface area (Å²) in [6.07, 6.45) is 4.28. The average Bonchev–Trinajstić information content (AvgIpc) is 3.40. The number of nitrogens with one attached hydrogen (secondary N) is 2. The lowest BCUT2D eigenvalue weighted by molar-refractivity contribution is -0.116. The summed E-state index contributed by atoms with van der Waals surface area (Å²) in [6.45, 7) is 6.61. The number of nitrogens with zero attached hydrogens (tertiary/aromatic N) is 2. The molecule has 0 spiro atoms. The van der Waals surface area contributed by atoms with Gasteiger partial charge in [-0.1, -0.05) is 6.07 Å². The summed E-state index contributed by atoms with van der Waals surface area (Å²) in [6, 6.07) is 8.26. The number of halogens is 3. The van der Waals surface area contributed by atoms with Crippen LogP contribution >= 0.6 is 37.2 Å². The molecule has 0 aromatic heterocycles. The highest BCUT2D eigenvalue weighted by Crippen LogP contribution is 2.30. The van der Waals surface area contributed by atoms with E-state index in [4.69, 9.17) is 0 Å². The molecule has 27 heavy (non-hydrogen) atoms. The van der Waals surface area contributed by atoms with Gasteiger partial charge in [0.25, 0.3) is 0 Å². The van der Waals surface area contributed by atoms with Gasteiger partial charge in [-0.05, 0) is 57.0 Å². The lowest BCUT2D eigenvalue weighted by Gasteiger charge is -2.36. The summed E-state index contributed by atoms with van der Waals surface area (Å²) in [5.74, 6) is 1.06. The van der Waals surface area contributed by atoms with Crippen molar-refractivity contribution in [1.29, 1.82) is 0 Å². The SMILES string of the molecule is CNCCCC(=O)Nc1cccc(N2CCN(CC3CC3)CC2)c1.Cl.Cl.Cl. The van der Waals surface area contributed by atoms with Gasteiger partial charge in [0.2, 0.25) is 5.91 Å². The van der Waals surface area contributed by atoms with Crippen molar-refractivity contribution >= 4 is 54.5 Å². The fourth-order valence-corrected chi connectivity index (χ4v) is 3.28. The van der Waals surface area contributed by atoms with Gasteiger partial charge < -0.3 is 15.5 Å². The first-order valence-electron chi connectivity index (χ1n) is 9.26. The number of hydrogen-bond acceptors (Lipinski definition) is 4. The molecule has 1 heterocycles. The fraction of sp³-hybridized carbons (Fsp3) is 0.632. The van der Waals surface area contributed by atoms with E-state index in [1.807, 2.05) is 19.2 Å². The lowest BCUT2D eigenvalue weighted by atomic mass is 10.2. The topological polar surface area (TPSA) is 47.6 Å². The van der Waals surface area contributed by atoms with Crippen LogP contribution in [-0.2, 0) is 4.79 Å². The maximum Gasteiger partial charge on any atom is 0.224 e. The van der Waals surface area contributed by atoms with Gasteiger partial charge in [-0.15, -0.1) is 37.2 Å². The minimum absolute atomic E-state index is 0. The molecule has 0 atom stereocenters. The standard InChI is InChI=1S/C19H30N4O.3ClH/c1-20-9-3-6-19(24)21-17-4-2-5-18(14-17)23-12-10-22(11-13-23)15-16-7-8-16;;;/h2,4-5,14,16,20H,3,6-13,15H2,1H3,(H,21,24);3*1H. The first kappa shape index (κ1) is 26.3. The third-order valence-corrected chi connectivity index (χ3v) is 4.91. The molecule has 3 rings (SSSR count). The molecular formula is C19H33Cl3N4O. The Morgan fingerprint density at radius 1 is 1.11 bits per heavy atom. The van der Waals surface area contributed by atoms with Crippen LogP contribution in [0, 0.1) is 5.92 Å². The van der Waals surface area contributed by atoms with Crippen molar-refractivity contribution in [2.75, 3.05) is 56.5 Å². The molecule has 1 aromatic rings. The molecule has 1 aliphatic carbocycles. The highest BCUT2D eigenvalue weighted by atomic mass is 35.5. The second kappa shape index (κ2) is 13.5. The molecule has 1 aliphatic heterocycles. The molecule has 1 aromatic carbocycles. The number of hydrogen-bond donors (Lipinski definition) is 2. The Labute approximate surface area is 181 Å². The zero-order chi connectivity index (χ0) is 16.8. The van der Waals surface area contributed by atoms with Gasteiger partial charge in [0.05, 0.1) is 0 Å². The Morgan fingerprint density at radius 3 is 2.44 bits per heavy atom. The van der Waals surface area contributed by atoms with Crippen molar-refractivity contribution in [2.24, 2.45) is 5.92 Å². The third kappa shape index (κ3) is 8.88. The van der Waals surface area contributed by atoms with Gasteiger partial charge in [0, 0.05) is 50.5 Å². The molecule has 156 valence electrons. The summed E-state index contributed by atoms with van der Waals surface area (Å²) >= 11 is 0. The van der Waals surface area contributed by atoms with E-state index in [1.54, 1.807) is 0 Å². The molecule has 2 aliphatic rings. The summed E-state index contributed by atoms with van der Waals surface area (Å²) < 4.78 is 0. The first-order chi connectivity index (χ1) is 11.7. The minimum atomic E-state index is 0. The van der Waals surface area contributed by atoms with E-state index >= 15 is 0 Å². The minimum Gasteiger partial charge on any atom is -0.369 e. The summed E-state index contributed by atoms with van der Waals surface area (Å²) in [7, 11) is 1.91. The van der Waals surface area contributed by atoms with E-state index in [2.05, 4.69) is 32.6 Å². The van der Waals surface area contributed by atoms with Gasteiger partial charge in [0.1, 0.15) is 0 Å². The van der Waals surface area contributed by atoms with Crippen LogP contribution in [0.2, 0.25) is 0 Å². The molecule has 0 unspecified atom stereocenters. The lowest BCUT2D eigenvalue weighted by Crippen LogP contribution is -2.47. The van der Waals surface area contributed by atoms with Crippen LogP contribution in [0.15, 0.2) is 24.3 Å².